The van der Waals surface area contributed by atoms with Crippen molar-refractivity contribution in [2.45, 2.75) is 6.42 Å². The first-order valence-corrected chi connectivity index (χ1v) is 7.64. The van der Waals surface area contributed by atoms with Crippen LogP contribution in [0.15, 0.2) is 54.6 Å². The zero-order chi connectivity index (χ0) is 15.4. The van der Waals surface area contributed by atoms with Crippen LogP contribution in [0.4, 0.5) is 11.4 Å². The quantitative estimate of drug-likeness (QED) is 0.848. The summed E-state index contributed by atoms with van der Waals surface area (Å²) in [5.41, 5.74) is 8.65. The van der Waals surface area contributed by atoms with Gasteiger partial charge in [0.1, 0.15) is 0 Å². The maximum absolute atomic E-state index is 12.4. The van der Waals surface area contributed by atoms with Crippen LogP contribution in [0.3, 0.4) is 0 Å². The molecule has 1 aliphatic heterocycles. The number of hydrogen-bond acceptors (Lipinski definition) is 3. The Hall–Kier alpha value is -1.91. The van der Waals surface area contributed by atoms with Gasteiger partial charge >= 0.3 is 0 Å². The van der Waals surface area contributed by atoms with Crippen LogP contribution in [-0.2, 0) is 11.2 Å². The Kier molecular flexibility index (Phi) is 7.89. The molecule has 2 aromatic carbocycles. The van der Waals surface area contributed by atoms with Gasteiger partial charge in [-0.3, -0.25) is 4.79 Å². The maximum atomic E-state index is 12.4. The first kappa shape index (κ1) is 20.1. The lowest BCUT2D eigenvalue weighted by Crippen LogP contribution is -2.49. The minimum Gasteiger partial charge on any atom is -0.399 e. The monoisotopic (exact) mass is 367 g/mol. The molecule has 0 aromatic heterocycles. The standard InChI is InChI=1S/C18H21N3O.2ClH/c19-16-8-6-15(7-9-16)14-18(22)21-12-10-20(11-13-21)17-4-2-1-3-5-17;;/h1-9H,10-14,19H2;2*1H. The minimum absolute atomic E-state index is 0. The average Bonchev–Trinajstić information content (AvgIpc) is 2.58. The number of para-hydroxylation sites is 1. The largest absolute Gasteiger partial charge is 0.399 e. The molecular weight excluding hydrogens is 345 g/mol. The number of nitrogen functional groups attached to an aromatic ring is 1. The third-order valence-electron chi connectivity index (χ3n) is 4.09. The van der Waals surface area contributed by atoms with E-state index in [0.29, 0.717) is 6.42 Å². The van der Waals surface area contributed by atoms with Gasteiger partial charge in [-0.1, -0.05) is 30.3 Å². The Bertz CT molecular complexity index is 626. The highest BCUT2D eigenvalue weighted by atomic mass is 35.5. The zero-order valence-corrected chi connectivity index (χ0v) is 15.1. The molecule has 1 aliphatic rings. The molecule has 0 bridgehead atoms. The molecule has 2 aromatic rings. The summed E-state index contributed by atoms with van der Waals surface area (Å²) in [6, 6.07) is 17.9. The molecule has 24 heavy (non-hydrogen) atoms. The fraction of sp³-hybridized carbons (Fsp3) is 0.278. The number of halogens is 2. The Labute approximate surface area is 155 Å². The van der Waals surface area contributed by atoms with Crippen molar-refractivity contribution in [3.05, 3.63) is 60.2 Å². The number of benzene rings is 2. The first-order chi connectivity index (χ1) is 10.7. The number of carbonyl (C=O) groups is 1. The molecule has 130 valence electrons. The van der Waals surface area contributed by atoms with Crippen LogP contribution in [-0.4, -0.2) is 37.0 Å². The molecule has 1 saturated heterocycles. The molecule has 0 saturated carbocycles. The summed E-state index contributed by atoms with van der Waals surface area (Å²) in [5.74, 6) is 0.192. The molecule has 2 N–H and O–H groups in total. The number of rotatable bonds is 3. The second-order valence-electron chi connectivity index (χ2n) is 5.62. The fourth-order valence-electron chi connectivity index (χ4n) is 2.77. The van der Waals surface area contributed by atoms with E-state index in [0.717, 1.165) is 37.4 Å². The molecule has 1 heterocycles. The van der Waals surface area contributed by atoms with Crippen molar-refractivity contribution in [2.75, 3.05) is 36.8 Å². The van der Waals surface area contributed by atoms with Gasteiger partial charge in [-0.25, -0.2) is 0 Å². The summed E-state index contributed by atoms with van der Waals surface area (Å²) in [4.78, 5) is 16.7. The van der Waals surface area contributed by atoms with E-state index in [9.17, 15) is 4.79 Å². The lowest BCUT2D eigenvalue weighted by molar-refractivity contribution is -0.130. The van der Waals surface area contributed by atoms with Gasteiger partial charge in [0.05, 0.1) is 6.42 Å². The van der Waals surface area contributed by atoms with E-state index in [1.54, 1.807) is 0 Å². The number of hydrogen-bond donors (Lipinski definition) is 1. The lowest BCUT2D eigenvalue weighted by atomic mass is 10.1. The van der Waals surface area contributed by atoms with Gasteiger partial charge in [0.2, 0.25) is 5.91 Å². The fourth-order valence-corrected chi connectivity index (χ4v) is 2.77. The van der Waals surface area contributed by atoms with E-state index in [1.807, 2.05) is 47.4 Å². The predicted octanol–water partition coefficient (Wildman–Crippen LogP) is 3.00. The summed E-state index contributed by atoms with van der Waals surface area (Å²) in [6.07, 6.45) is 0.450. The normalized spacial score (nSPS) is 13.7. The number of nitrogens with zero attached hydrogens (tertiary/aromatic N) is 2. The second-order valence-corrected chi connectivity index (χ2v) is 5.62. The van der Waals surface area contributed by atoms with Crippen molar-refractivity contribution in [3.63, 3.8) is 0 Å². The van der Waals surface area contributed by atoms with Crippen LogP contribution >= 0.6 is 24.8 Å². The van der Waals surface area contributed by atoms with Crippen LogP contribution in [0, 0.1) is 0 Å². The van der Waals surface area contributed by atoms with Crippen molar-refractivity contribution < 1.29 is 4.79 Å². The molecule has 4 nitrogen and oxygen atoms in total. The SMILES string of the molecule is Cl.Cl.Nc1ccc(CC(=O)N2CCN(c3ccccc3)CC2)cc1. The van der Waals surface area contributed by atoms with E-state index >= 15 is 0 Å². The third-order valence-corrected chi connectivity index (χ3v) is 4.09. The van der Waals surface area contributed by atoms with E-state index in [2.05, 4.69) is 17.0 Å². The summed E-state index contributed by atoms with van der Waals surface area (Å²) in [5, 5.41) is 0. The molecule has 0 radical (unpaired) electrons. The number of piperazine rings is 1. The van der Waals surface area contributed by atoms with Gasteiger partial charge < -0.3 is 15.5 Å². The van der Waals surface area contributed by atoms with E-state index in [1.165, 1.54) is 5.69 Å². The molecule has 0 atom stereocenters. The summed E-state index contributed by atoms with van der Waals surface area (Å²) >= 11 is 0. The molecule has 0 aliphatic carbocycles. The highest BCUT2D eigenvalue weighted by Crippen LogP contribution is 2.16. The van der Waals surface area contributed by atoms with Crippen LogP contribution in [0.2, 0.25) is 0 Å². The molecular formula is C18H23Cl2N3O. The average molecular weight is 368 g/mol. The van der Waals surface area contributed by atoms with Gasteiger partial charge in [0.15, 0.2) is 0 Å². The molecule has 0 spiro atoms. The molecule has 3 rings (SSSR count). The summed E-state index contributed by atoms with van der Waals surface area (Å²) < 4.78 is 0. The third kappa shape index (κ3) is 5.05. The van der Waals surface area contributed by atoms with Gasteiger partial charge in [-0.2, -0.15) is 0 Å². The number of carbonyl (C=O) groups excluding carboxylic acids is 1. The summed E-state index contributed by atoms with van der Waals surface area (Å²) in [6.45, 7) is 3.33. The van der Waals surface area contributed by atoms with Crippen molar-refractivity contribution in [2.24, 2.45) is 0 Å². The van der Waals surface area contributed by atoms with Crippen LogP contribution in [0.5, 0.6) is 0 Å². The van der Waals surface area contributed by atoms with Gasteiger partial charge in [0, 0.05) is 37.6 Å². The van der Waals surface area contributed by atoms with Crippen LogP contribution in [0.25, 0.3) is 0 Å². The predicted molar refractivity (Wildman–Crippen MR) is 104 cm³/mol. The Balaban J connectivity index is 0.00000144. The zero-order valence-electron chi connectivity index (χ0n) is 13.4. The Morgan fingerprint density at radius 3 is 2.04 bits per heavy atom. The van der Waals surface area contributed by atoms with Crippen LogP contribution < -0.4 is 10.6 Å². The highest BCUT2D eigenvalue weighted by Gasteiger charge is 2.21. The van der Waals surface area contributed by atoms with Crippen LogP contribution in [0.1, 0.15) is 5.56 Å². The maximum Gasteiger partial charge on any atom is 0.227 e. The van der Waals surface area contributed by atoms with Crippen molar-refractivity contribution >= 4 is 42.1 Å². The number of amides is 1. The Morgan fingerprint density at radius 2 is 1.46 bits per heavy atom. The van der Waals surface area contributed by atoms with Gasteiger partial charge in [-0.05, 0) is 29.8 Å². The minimum atomic E-state index is 0. The number of anilines is 2. The van der Waals surface area contributed by atoms with E-state index in [-0.39, 0.29) is 30.7 Å². The molecule has 0 unspecified atom stereocenters. The van der Waals surface area contributed by atoms with E-state index < -0.39 is 0 Å². The van der Waals surface area contributed by atoms with Crippen molar-refractivity contribution in [1.29, 1.82) is 0 Å². The molecule has 1 fully saturated rings. The number of nitrogens with two attached hydrogens (primary N) is 1. The van der Waals surface area contributed by atoms with Gasteiger partial charge in [0.25, 0.3) is 0 Å². The van der Waals surface area contributed by atoms with Gasteiger partial charge in [-0.15, -0.1) is 24.8 Å². The Morgan fingerprint density at radius 1 is 0.875 bits per heavy atom. The molecule has 6 heteroatoms. The first-order valence-electron chi connectivity index (χ1n) is 7.64. The van der Waals surface area contributed by atoms with Crippen molar-refractivity contribution in [3.8, 4) is 0 Å². The second kappa shape index (κ2) is 9.40. The summed E-state index contributed by atoms with van der Waals surface area (Å²) in [7, 11) is 0. The topological polar surface area (TPSA) is 49.6 Å². The van der Waals surface area contributed by atoms with Crippen molar-refractivity contribution in [1.82, 2.24) is 4.90 Å². The lowest BCUT2D eigenvalue weighted by Gasteiger charge is -2.36. The smallest absolute Gasteiger partial charge is 0.227 e. The molecule has 1 amide bonds. The van der Waals surface area contributed by atoms with E-state index in [4.69, 9.17) is 5.73 Å². The highest BCUT2D eigenvalue weighted by molar-refractivity contribution is 5.85.